The lowest BCUT2D eigenvalue weighted by molar-refractivity contribution is 0.199. The van der Waals surface area contributed by atoms with E-state index in [2.05, 4.69) is 22.5 Å². The summed E-state index contributed by atoms with van der Waals surface area (Å²) in [5.74, 6) is 0. The number of methoxy groups -OCH3 is 1. The van der Waals surface area contributed by atoms with Gasteiger partial charge in [-0.15, -0.1) is 11.3 Å². The van der Waals surface area contributed by atoms with Crippen LogP contribution in [0.15, 0.2) is 23.9 Å². The summed E-state index contributed by atoms with van der Waals surface area (Å²) >= 11 is 1.70. The van der Waals surface area contributed by atoms with Crippen molar-refractivity contribution in [1.82, 2.24) is 10.3 Å². The van der Waals surface area contributed by atoms with Crippen LogP contribution in [0.3, 0.4) is 0 Å². The smallest absolute Gasteiger partial charge is 0.0794 e. The summed E-state index contributed by atoms with van der Waals surface area (Å²) in [4.78, 5) is 5.35. The van der Waals surface area contributed by atoms with Gasteiger partial charge in [0.25, 0.3) is 0 Å². The van der Waals surface area contributed by atoms with Crippen LogP contribution in [0.2, 0.25) is 0 Å². The SMILES string of the molecule is COCCNCC/C=C/Cc1cncs1. The third kappa shape index (κ3) is 6.38. The molecular weight excluding hydrogens is 208 g/mol. The van der Waals surface area contributed by atoms with Crippen molar-refractivity contribution in [2.45, 2.75) is 12.8 Å². The molecule has 4 heteroatoms. The lowest BCUT2D eigenvalue weighted by Crippen LogP contribution is -2.19. The van der Waals surface area contributed by atoms with Gasteiger partial charge in [0.2, 0.25) is 0 Å². The van der Waals surface area contributed by atoms with Crippen molar-refractivity contribution in [3.05, 3.63) is 28.7 Å². The number of aromatic nitrogens is 1. The molecule has 0 bridgehead atoms. The molecule has 0 saturated carbocycles. The van der Waals surface area contributed by atoms with Crippen LogP contribution in [0.1, 0.15) is 11.3 Å². The molecule has 0 atom stereocenters. The minimum atomic E-state index is 0.782. The molecule has 0 aliphatic rings. The third-order valence-corrected chi connectivity index (χ3v) is 2.74. The molecule has 1 aromatic rings. The van der Waals surface area contributed by atoms with Crippen LogP contribution in [-0.2, 0) is 11.2 Å². The number of hydrogen-bond donors (Lipinski definition) is 1. The summed E-state index contributed by atoms with van der Waals surface area (Å²) in [7, 11) is 1.72. The summed E-state index contributed by atoms with van der Waals surface area (Å²) in [6.07, 6.45) is 8.40. The van der Waals surface area contributed by atoms with Crippen molar-refractivity contribution in [3.8, 4) is 0 Å². The van der Waals surface area contributed by atoms with Gasteiger partial charge in [-0.05, 0) is 13.0 Å². The molecule has 0 radical (unpaired) electrons. The van der Waals surface area contributed by atoms with Crippen molar-refractivity contribution in [2.75, 3.05) is 26.8 Å². The molecule has 15 heavy (non-hydrogen) atoms. The second kappa shape index (κ2) is 8.59. The molecule has 0 fully saturated rings. The molecule has 0 spiro atoms. The van der Waals surface area contributed by atoms with E-state index < -0.39 is 0 Å². The maximum atomic E-state index is 4.93. The molecular formula is C11H18N2OS. The lowest BCUT2D eigenvalue weighted by Gasteiger charge is -2.00. The summed E-state index contributed by atoms with van der Waals surface area (Å²) in [5.41, 5.74) is 1.87. The number of allylic oxidation sites excluding steroid dienone is 1. The molecule has 0 saturated heterocycles. The van der Waals surface area contributed by atoms with Crippen LogP contribution in [-0.4, -0.2) is 31.8 Å². The van der Waals surface area contributed by atoms with Gasteiger partial charge in [-0.25, -0.2) is 0 Å². The van der Waals surface area contributed by atoms with Crippen molar-refractivity contribution < 1.29 is 4.74 Å². The topological polar surface area (TPSA) is 34.1 Å². The number of ether oxygens (including phenoxy) is 1. The van der Waals surface area contributed by atoms with E-state index in [1.165, 1.54) is 4.88 Å². The first-order chi connectivity index (χ1) is 7.43. The minimum absolute atomic E-state index is 0.782. The molecule has 0 unspecified atom stereocenters. The van der Waals surface area contributed by atoms with Crippen LogP contribution in [0.25, 0.3) is 0 Å². The highest BCUT2D eigenvalue weighted by Crippen LogP contribution is 2.06. The highest BCUT2D eigenvalue weighted by molar-refractivity contribution is 7.09. The molecule has 0 aliphatic heterocycles. The van der Waals surface area contributed by atoms with Crippen LogP contribution in [0.5, 0.6) is 0 Å². The Morgan fingerprint density at radius 2 is 2.40 bits per heavy atom. The summed E-state index contributed by atoms with van der Waals surface area (Å²) < 4.78 is 4.93. The Morgan fingerprint density at radius 3 is 3.13 bits per heavy atom. The Balaban J connectivity index is 1.93. The van der Waals surface area contributed by atoms with Gasteiger partial charge in [-0.2, -0.15) is 0 Å². The highest BCUT2D eigenvalue weighted by Gasteiger charge is 1.89. The van der Waals surface area contributed by atoms with Gasteiger partial charge in [0.05, 0.1) is 12.1 Å². The standard InChI is InChI=1S/C11H18N2OS/c1-14-8-7-12-6-4-2-3-5-11-9-13-10-15-11/h2-3,9-10,12H,4-8H2,1H3/b3-2+. The van der Waals surface area contributed by atoms with Crippen LogP contribution >= 0.6 is 11.3 Å². The van der Waals surface area contributed by atoms with Crippen LogP contribution < -0.4 is 5.32 Å². The van der Waals surface area contributed by atoms with Crippen molar-refractivity contribution in [2.24, 2.45) is 0 Å². The van der Waals surface area contributed by atoms with Gasteiger partial charge in [-0.3, -0.25) is 4.98 Å². The molecule has 1 heterocycles. The maximum absolute atomic E-state index is 4.93. The van der Waals surface area contributed by atoms with E-state index in [1.54, 1.807) is 18.4 Å². The monoisotopic (exact) mass is 226 g/mol. The molecule has 1 rings (SSSR count). The van der Waals surface area contributed by atoms with Gasteiger partial charge >= 0.3 is 0 Å². The molecule has 0 amide bonds. The number of hydrogen-bond acceptors (Lipinski definition) is 4. The maximum Gasteiger partial charge on any atom is 0.0794 e. The average molecular weight is 226 g/mol. The van der Waals surface area contributed by atoms with E-state index >= 15 is 0 Å². The Kier molecular flexibility index (Phi) is 7.08. The molecule has 0 aliphatic carbocycles. The van der Waals surface area contributed by atoms with Gasteiger partial charge in [0.1, 0.15) is 0 Å². The van der Waals surface area contributed by atoms with Crippen molar-refractivity contribution in [1.29, 1.82) is 0 Å². The van der Waals surface area contributed by atoms with Gasteiger partial charge < -0.3 is 10.1 Å². The van der Waals surface area contributed by atoms with E-state index in [0.29, 0.717) is 0 Å². The Morgan fingerprint density at radius 1 is 1.47 bits per heavy atom. The fourth-order valence-corrected chi connectivity index (χ4v) is 1.72. The summed E-state index contributed by atoms with van der Waals surface area (Å²) in [6, 6.07) is 0. The molecule has 1 N–H and O–H groups in total. The average Bonchev–Trinajstić information content (AvgIpc) is 2.75. The van der Waals surface area contributed by atoms with Gasteiger partial charge in [-0.1, -0.05) is 12.2 Å². The normalized spacial score (nSPS) is 11.3. The largest absolute Gasteiger partial charge is 0.383 e. The van der Waals surface area contributed by atoms with Crippen molar-refractivity contribution in [3.63, 3.8) is 0 Å². The first-order valence-corrected chi connectivity index (χ1v) is 6.03. The number of rotatable bonds is 8. The van der Waals surface area contributed by atoms with Crippen LogP contribution in [0, 0.1) is 0 Å². The Bertz CT molecular complexity index is 260. The number of nitrogens with zero attached hydrogens (tertiary/aromatic N) is 1. The van der Waals surface area contributed by atoms with E-state index in [1.807, 2.05) is 11.7 Å². The first kappa shape index (κ1) is 12.4. The predicted molar refractivity (Wildman–Crippen MR) is 64.3 cm³/mol. The lowest BCUT2D eigenvalue weighted by atomic mass is 10.3. The van der Waals surface area contributed by atoms with E-state index in [-0.39, 0.29) is 0 Å². The van der Waals surface area contributed by atoms with Gasteiger partial charge in [0, 0.05) is 31.1 Å². The predicted octanol–water partition coefficient (Wildman–Crippen LogP) is 1.87. The molecule has 3 nitrogen and oxygen atoms in total. The number of nitrogens with one attached hydrogen (secondary N) is 1. The zero-order valence-electron chi connectivity index (χ0n) is 9.11. The first-order valence-electron chi connectivity index (χ1n) is 5.15. The van der Waals surface area contributed by atoms with E-state index in [0.717, 1.165) is 32.5 Å². The van der Waals surface area contributed by atoms with Crippen LogP contribution in [0.4, 0.5) is 0 Å². The van der Waals surface area contributed by atoms with E-state index in [4.69, 9.17) is 4.74 Å². The second-order valence-electron chi connectivity index (χ2n) is 3.17. The highest BCUT2D eigenvalue weighted by atomic mass is 32.1. The molecule has 84 valence electrons. The zero-order chi connectivity index (χ0) is 10.8. The van der Waals surface area contributed by atoms with Gasteiger partial charge in [0.15, 0.2) is 0 Å². The molecule has 1 aromatic heterocycles. The van der Waals surface area contributed by atoms with Crippen molar-refractivity contribution >= 4 is 11.3 Å². The van der Waals surface area contributed by atoms with E-state index in [9.17, 15) is 0 Å². The fourth-order valence-electron chi connectivity index (χ4n) is 1.14. The Hall–Kier alpha value is -0.710. The number of thiazole rings is 1. The molecule has 0 aromatic carbocycles. The third-order valence-electron chi connectivity index (χ3n) is 1.94. The zero-order valence-corrected chi connectivity index (χ0v) is 9.93. The quantitative estimate of drug-likeness (QED) is 0.543. The summed E-state index contributed by atoms with van der Waals surface area (Å²) in [5, 5.41) is 3.29. The minimum Gasteiger partial charge on any atom is -0.383 e. The fraction of sp³-hybridized carbons (Fsp3) is 0.545. The Labute approximate surface area is 95.2 Å². The summed E-state index contributed by atoms with van der Waals surface area (Å²) in [6.45, 7) is 2.73. The second-order valence-corrected chi connectivity index (χ2v) is 4.15.